The molecule has 68 valence electrons. The van der Waals surface area contributed by atoms with Gasteiger partial charge in [0, 0.05) is 23.1 Å². The van der Waals surface area contributed by atoms with Crippen LogP contribution < -0.4 is 0 Å². The first-order chi connectivity index (χ1) is 4.66. The first kappa shape index (κ1) is 13.6. The first-order valence-electron chi connectivity index (χ1n) is 3.10. The Bertz CT molecular complexity index is 130. The van der Waals surface area contributed by atoms with E-state index in [-0.39, 0.29) is 18.2 Å². The van der Waals surface area contributed by atoms with E-state index in [1.807, 2.05) is 19.0 Å². The van der Waals surface area contributed by atoms with Crippen molar-refractivity contribution < 1.29 is 9.00 Å². The van der Waals surface area contributed by atoms with Crippen LogP contribution in [0.3, 0.4) is 0 Å². The Balaban J connectivity index is 0. The predicted octanol–water partition coefficient (Wildman–Crippen LogP) is -0.0826. The van der Waals surface area contributed by atoms with Crippen LogP contribution in [0.5, 0.6) is 0 Å². The number of hydrogen-bond acceptors (Lipinski definition) is 3. The molecule has 0 aromatic rings. The van der Waals surface area contributed by atoms with Crippen molar-refractivity contribution in [2.45, 2.75) is 0 Å². The van der Waals surface area contributed by atoms with Crippen LogP contribution >= 0.6 is 12.4 Å². The maximum atomic E-state index is 10.8. The van der Waals surface area contributed by atoms with Crippen LogP contribution in [0, 0.1) is 0 Å². The third-order valence-electron chi connectivity index (χ3n) is 1.02. The van der Waals surface area contributed by atoms with E-state index in [0.717, 1.165) is 6.54 Å². The molecule has 0 radical (unpaired) electrons. The Labute approximate surface area is 76.0 Å². The van der Waals surface area contributed by atoms with Gasteiger partial charge in [-0.05, 0) is 14.1 Å². The molecule has 11 heavy (non-hydrogen) atoms. The summed E-state index contributed by atoms with van der Waals surface area (Å²) in [7, 11) is 2.88. The standard InChI is InChI=1S/C6H13NO2S.ClH/c1-7(2)3-5-10(9)6-4-8;/h4H,3,5-6H2,1-2H3;1H. The lowest BCUT2D eigenvalue weighted by Gasteiger charge is -2.06. The number of aldehydes is 1. The van der Waals surface area contributed by atoms with E-state index in [0.29, 0.717) is 12.0 Å². The highest BCUT2D eigenvalue weighted by molar-refractivity contribution is 7.85. The molecule has 3 nitrogen and oxygen atoms in total. The van der Waals surface area contributed by atoms with Gasteiger partial charge in [-0.1, -0.05) is 0 Å². The molecule has 0 bridgehead atoms. The molecule has 0 aliphatic carbocycles. The molecule has 0 N–H and O–H groups in total. The van der Waals surface area contributed by atoms with E-state index in [2.05, 4.69) is 0 Å². The van der Waals surface area contributed by atoms with Crippen molar-refractivity contribution in [1.82, 2.24) is 4.90 Å². The summed E-state index contributed by atoms with van der Waals surface area (Å²) in [5, 5.41) is 0. The third-order valence-corrected chi connectivity index (χ3v) is 2.17. The van der Waals surface area contributed by atoms with Gasteiger partial charge < -0.3 is 9.69 Å². The Hall–Kier alpha value is 0.0700. The lowest BCUT2D eigenvalue weighted by molar-refractivity contribution is -0.105. The summed E-state index contributed by atoms with van der Waals surface area (Å²) in [4.78, 5) is 11.8. The summed E-state index contributed by atoms with van der Waals surface area (Å²) in [6.07, 6.45) is 0.700. The number of nitrogens with zero attached hydrogens (tertiary/aromatic N) is 1. The lowest BCUT2D eigenvalue weighted by Crippen LogP contribution is -2.20. The highest BCUT2D eigenvalue weighted by Crippen LogP contribution is 1.81. The molecule has 0 fully saturated rings. The van der Waals surface area contributed by atoms with E-state index in [1.54, 1.807) is 0 Å². The van der Waals surface area contributed by atoms with Crippen LogP contribution in [0.4, 0.5) is 0 Å². The average Bonchev–Trinajstić information content (AvgIpc) is 1.85. The fourth-order valence-electron chi connectivity index (χ4n) is 0.444. The van der Waals surface area contributed by atoms with Gasteiger partial charge in [0.25, 0.3) is 0 Å². The Morgan fingerprint density at radius 2 is 2.00 bits per heavy atom. The molecule has 1 atom stereocenters. The molecule has 0 amide bonds. The number of carbonyl (C=O) groups is 1. The minimum Gasteiger partial charge on any atom is -0.308 e. The SMILES string of the molecule is CN(C)CCS(=O)CC=O.Cl. The minimum absolute atomic E-state index is 0. The van der Waals surface area contributed by atoms with Gasteiger partial charge in [-0.3, -0.25) is 4.21 Å². The zero-order valence-electron chi connectivity index (χ0n) is 6.78. The maximum Gasteiger partial charge on any atom is 0.132 e. The first-order valence-corrected chi connectivity index (χ1v) is 4.59. The molecule has 0 aromatic heterocycles. The van der Waals surface area contributed by atoms with Crippen LogP contribution in [0.1, 0.15) is 0 Å². The smallest absolute Gasteiger partial charge is 0.132 e. The normalized spacial score (nSPS) is 12.3. The molecule has 0 saturated heterocycles. The fourth-order valence-corrected chi connectivity index (χ4v) is 1.33. The molecule has 0 aliphatic heterocycles. The van der Waals surface area contributed by atoms with Crippen LogP contribution in [0.2, 0.25) is 0 Å². The van der Waals surface area contributed by atoms with E-state index in [9.17, 15) is 9.00 Å². The van der Waals surface area contributed by atoms with Crippen LogP contribution in [0.25, 0.3) is 0 Å². The molecule has 0 rings (SSSR count). The van der Waals surface area contributed by atoms with E-state index < -0.39 is 10.8 Å². The average molecular weight is 200 g/mol. The quantitative estimate of drug-likeness (QED) is 0.582. The van der Waals surface area contributed by atoms with Gasteiger partial charge in [0.15, 0.2) is 0 Å². The molecule has 1 unspecified atom stereocenters. The lowest BCUT2D eigenvalue weighted by atomic mass is 10.7. The van der Waals surface area contributed by atoms with Crippen molar-refractivity contribution in [3.63, 3.8) is 0 Å². The molecule has 0 spiro atoms. The number of carbonyl (C=O) groups excluding carboxylic acids is 1. The zero-order valence-corrected chi connectivity index (χ0v) is 8.41. The second-order valence-electron chi connectivity index (χ2n) is 2.28. The molecule has 0 aliphatic rings. The Morgan fingerprint density at radius 3 is 2.36 bits per heavy atom. The van der Waals surface area contributed by atoms with Crippen molar-refractivity contribution in [2.75, 3.05) is 32.1 Å². The highest BCUT2D eigenvalue weighted by Gasteiger charge is 1.97. The van der Waals surface area contributed by atoms with Crippen LogP contribution in [-0.2, 0) is 15.6 Å². The largest absolute Gasteiger partial charge is 0.308 e. The molecular formula is C6H14ClNO2S. The molecule has 0 heterocycles. The summed E-state index contributed by atoms with van der Waals surface area (Å²) in [6.45, 7) is 0.778. The van der Waals surface area contributed by atoms with Gasteiger partial charge in [-0.25, -0.2) is 0 Å². The molecule has 5 heteroatoms. The monoisotopic (exact) mass is 199 g/mol. The van der Waals surface area contributed by atoms with Crippen molar-refractivity contribution in [1.29, 1.82) is 0 Å². The van der Waals surface area contributed by atoms with Crippen LogP contribution in [-0.4, -0.2) is 47.5 Å². The summed E-state index contributed by atoms with van der Waals surface area (Å²) in [6, 6.07) is 0. The van der Waals surface area contributed by atoms with Gasteiger partial charge in [0.2, 0.25) is 0 Å². The summed E-state index contributed by atoms with van der Waals surface area (Å²) >= 11 is 0. The van der Waals surface area contributed by atoms with Gasteiger partial charge in [-0.2, -0.15) is 0 Å². The number of hydrogen-bond donors (Lipinski definition) is 0. The predicted molar refractivity (Wildman–Crippen MR) is 49.7 cm³/mol. The highest BCUT2D eigenvalue weighted by atomic mass is 35.5. The topological polar surface area (TPSA) is 37.4 Å². The minimum atomic E-state index is -0.950. The van der Waals surface area contributed by atoms with E-state index >= 15 is 0 Å². The fraction of sp³-hybridized carbons (Fsp3) is 0.833. The maximum absolute atomic E-state index is 10.8. The second-order valence-corrected chi connectivity index (χ2v) is 3.90. The van der Waals surface area contributed by atoms with Gasteiger partial charge in [0.1, 0.15) is 6.29 Å². The summed E-state index contributed by atoms with van der Waals surface area (Å²) in [5.41, 5.74) is 0. The molecule has 0 saturated carbocycles. The third kappa shape index (κ3) is 10.1. The summed E-state index contributed by atoms with van der Waals surface area (Å²) in [5.74, 6) is 0.763. The van der Waals surface area contributed by atoms with Gasteiger partial charge in [-0.15, -0.1) is 12.4 Å². The molecule has 0 aromatic carbocycles. The Kier molecular flexibility index (Phi) is 10.1. The Morgan fingerprint density at radius 1 is 1.45 bits per heavy atom. The van der Waals surface area contributed by atoms with Crippen molar-refractivity contribution in [2.24, 2.45) is 0 Å². The van der Waals surface area contributed by atoms with Gasteiger partial charge in [0.05, 0.1) is 5.75 Å². The second kappa shape index (κ2) is 8.17. The van der Waals surface area contributed by atoms with Crippen molar-refractivity contribution >= 4 is 29.5 Å². The van der Waals surface area contributed by atoms with Crippen molar-refractivity contribution in [3.05, 3.63) is 0 Å². The van der Waals surface area contributed by atoms with Crippen molar-refractivity contribution in [3.8, 4) is 0 Å². The van der Waals surface area contributed by atoms with Crippen LogP contribution in [0.15, 0.2) is 0 Å². The van der Waals surface area contributed by atoms with E-state index in [4.69, 9.17) is 0 Å². The number of halogens is 1. The van der Waals surface area contributed by atoms with Gasteiger partial charge >= 0.3 is 0 Å². The number of rotatable bonds is 5. The zero-order chi connectivity index (χ0) is 7.98. The molecular weight excluding hydrogens is 186 g/mol. The summed E-state index contributed by atoms with van der Waals surface area (Å²) < 4.78 is 10.8. The van der Waals surface area contributed by atoms with E-state index in [1.165, 1.54) is 0 Å².